The van der Waals surface area contributed by atoms with E-state index in [1.165, 1.54) is 18.3 Å². The van der Waals surface area contributed by atoms with Crippen molar-refractivity contribution >= 4 is 23.2 Å². The Morgan fingerprint density at radius 1 is 1.47 bits per heavy atom. The van der Waals surface area contributed by atoms with E-state index in [0.29, 0.717) is 0 Å². The number of aliphatic carboxylic acids is 1. The molecule has 0 spiro atoms. The van der Waals surface area contributed by atoms with Gasteiger partial charge < -0.3 is 10.4 Å². The van der Waals surface area contributed by atoms with Crippen molar-refractivity contribution in [2.24, 2.45) is 0 Å². The minimum Gasteiger partial charge on any atom is -0.480 e. The second kappa shape index (κ2) is 4.83. The van der Waals surface area contributed by atoms with Crippen LogP contribution in [0.15, 0.2) is 5.38 Å². The van der Waals surface area contributed by atoms with Crippen molar-refractivity contribution in [3.63, 3.8) is 0 Å². The molecule has 0 aromatic carbocycles. The van der Waals surface area contributed by atoms with Gasteiger partial charge in [-0.25, -0.2) is 4.98 Å². The predicted molar refractivity (Wildman–Crippen MR) is 65.4 cm³/mol. The Hall–Kier alpha value is -1.43. The lowest BCUT2D eigenvalue weighted by Crippen LogP contribution is -2.38. The summed E-state index contributed by atoms with van der Waals surface area (Å²) in [5.74, 6) is -1.52. The average molecular weight is 256 g/mol. The molecule has 1 aromatic rings. The molecule has 0 saturated carbocycles. The number of aromatic nitrogens is 1. The van der Waals surface area contributed by atoms with Crippen molar-refractivity contribution < 1.29 is 14.7 Å². The molecule has 0 bridgehead atoms. The molecule has 0 unspecified atom stereocenters. The molecule has 17 heavy (non-hydrogen) atoms. The Balaban J connectivity index is 2.78. The third kappa shape index (κ3) is 3.52. The molecule has 2 N–H and O–H groups in total. The molecule has 0 aliphatic rings. The van der Waals surface area contributed by atoms with Gasteiger partial charge in [-0.15, -0.1) is 11.3 Å². The largest absolute Gasteiger partial charge is 0.480 e. The van der Waals surface area contributed by atoms with Gasteiger partial charge in [-0.1, -0.05) is 20.8 Å². The van der Waals surface area contributed by atoms with E-state index < -0.39 is 17.9 Å². The number of carbonyl (C=O) groups excluding carboxylic acids is 1. The van der Waals surface area contributed by atoms with Gasteiger partial charge in [0.25, 0.3) is 5.91 Å². The van der Waals surface area contributed by atoms with Gasteiger partial charge in [0.1, 0.15) is 11.7 Å². The second-order valence-electron chi connectivity index (χ2n) is 4.82. The predicted octanol–water partition coefficient (Wildman–Crippen LogP) is 1.64. The quantitative estimate of drug-likeness (QED) is 0.861. The Morgan fingerprint density at radius 2 is 2.06 bits per heavy atom. The van der Waals surface area contributed by atoms with E-state index in [0.717, 1.165) is 5.01 Å². The van der Waals surface area contributed by atoms with Gasteiger partial charge in [0.05, 0.1) is 5.01 Å². The van der Waals surface area contributed by atoms with Gasteiger partial charge >= 0.3 is 5.97 Å². The fraction of sp³-hybridized carbons (Fsp3) is 0.545. The van der Waals surface area contributed by atoms with Gasteiger partial charge in [-0.3, -0.25) is 9.59 Å². The number of hydrogen-bond donors (Lipinski definition) is 2. The first kappa shape index (κ1) is 13.6. The maximum Gasteiger partial charge on any atom is 0.325 e. The molecule has 5 nitrogen and oxygen atoms in total. The molecule has 1 heterocycles. The Kier molecular flexibility index (Phi) is 3.87. The highest BCUT2D eigenvalue weighted by Gasteiger charge is 2.22. The Bertz CT molecular complexity index is 434. The van der Waals surface area contributed by atoms with Crippen LogP contribution in [-0.2, 0) is 10.2 Å². The summed E-state index contributed by atoms with van der Waals surface area (Å²) >= 11 is 1.40. The van der Waals surface area contributed by atoms with Crippen molar-refractivity contribution in [2.75, 3.05) is 0 Å². The lowest BCUT2D eigenvalue weighted by atomic mass is 9.98. The highest BCUT2D eigenvalue weighted by Crippen LogP contribution is 2.25. The minimum absolute atomic E-state index is 0.110. The highest BCUT2D eigenvalue weighted by atomic mass is 32.1. The number of thiazole rings is 1. The molecule has 0 aliphatic heterocycles. The zero-order valence-corrected chi connectivity index (χ0v) is 11.1. The number of carboxylic acid groups (broad SMARTS) is 1. The molecule has 94 valence electrons. The Labute approximate surface area is 104 Å². The summed E-state index contributed by atoms with van der Waals surface area (Å²) in [6.45, 7) is 7.44. The number of carboxylic acids is 1. The van der Waals surface area contributed by atoms with Crippen LogP contribution in [0.25, 0.3) is 0 Å². The van der Waals surface area contributed by atoms with Gasteiger partial charge in [0.15, 0.2) is 0 Å². The van der Waals surface area contributed by atoms with Gasteiger partial charge in [0, 0.05) is 10.8 Å². The summed E-state index contributed by atoms with van der Waals surface area (Å²) < 4.78 is 0. The molecular formula is C11H16N2O3S. The van der Waals surface area contributed by atoms with Crippen molar-refractivity contribution in [3.8, 4) is 0 Å². The number of rotatable bonds is 3. The first-order valence-corrected chi connectivity index (χ1v) is 6.09. The molecular weight excluding hydrogens is 240 g/mol. The van der Waals surface area contributed by atoms with Crippen molar-refractivity contribution in [3.05, 3.63) is 16.1 Å². The molecule has 1 rings (SSSR count). The summed E-state index contributed by atoms with van der Waals surface area (Å²) in [7, 11) is 0. The third-order valence-electron chi connectivity index (χ3n) is 2.10. The summed E-state index contributed by atoms with van der Waals surface area (Å²) in [4.78, 5) is 26.5. The topological polar surface area (TPSA) is 79.3 Å². The lowest BCUT2D eigenvalue weighted by Gasteiger charge is -2.13. The fourth-order valence-electron chi connectivity index (χ4n) is 1.05. The normalized spacial score (nSPS) is 13.2. The minimum atomic E-state index is -1.07. The number of hydrogen-bond acceptors (Lipinski definition) is 4. The maximum atomic E-state index is 11.7. The molecule has 0 saturated heterocycles. The van der Waals surface area contributed by atoms with Crippen molar-refractivity contribution in [2.45, 2.75) is 39.2 Å². The molecule has 6 heteroatoms. The maximum absolute atomic E-state index is 11.7. The van der Waals surface area contributed by atoms with Crippen LogP contribution in [0.3, 0.4) is 0 Å². The highest BCUT2D eigenvalue weighted by molar-refractivity contribution is 7.10. The van der Waals surface area contributed by atoms with Crippen LogP contribution in [-0.4, -0.2) is 28.0 Å². The van der Waals surface area contributed by atoms with E-state index in [9.17, 15) is 9.59 Å². The van der Waals surface area contributed by atoms with E-state index in [2.05, 4.69) is 10.3 Å². The zero-order valence-electron chi connectivity index (χ0n) is 10.3. The van der Waals surface area contributed by atoms with E-state index >= 15 is 0 Å². The lowest BCUT2D eigenvalue weighted by molar-refractivity contribution is -0.138. The summed E-state index contributed by atoms with van der Waals surface area (Å²) in [5.41, 5.74) is 0.162. The Morgan fingerprint density at radius 3 is 2.47 bits per heavy atom. The smallest absolute Gasteiger partial charge is 0.325 e. The molecule has 1 aromatic heterocycles. The van der Waals surface area contributed by atoms with Crippen LogP contribution < -0.4 is 5.32 Å². The van der Waals surface area contributed by atoms with Crippen molar-refractivity contribution in [1.29, 1.82) is 0 Å². The first-order valence-electron chi connectivity index (χ1n) is 5.21. The number of nitrogens with one attached hydrogen (secondary N) is 1. The second-order valence-corrected chi connectivity index (χ2v) is 5.68. The zero-order chi connectivity index (χ0) is 13.2. The summed E-state index contributed by atoms with van der Waals surface area (Å²) in [6.07, 6.45) is 0. The first-order chi connectivity index (χ1) is 7.71. The van der Waals surface area contributed by atoms with Gasteiger partial charge in [0.2, 0.25) is 0 Å². The monoisotopic (exact) mass is 256 g/mol. The van der Waals surface area contributed by atoms with Crippen LogP contribution in [0.5, 0.6) is 0 Å². The number of nitrogens with zero attached hydrogens (tertiary/aromatic N) is 1. The molecule has 1 amide bonds. The van der Waals surface area contributed by atoms with Crippen LogP contribution >= 0.6 is 11.3 Å². The van der Waals surface area contributed by atoms with Crippen LogP contribution in [0.2, 0.25) is 0 Å². The molecule has 1 atom stereocenters. The standard InChI is InChI=1S/C11H16N2O3S/c1-6(9(15)16)12-8(14)7-5-17-10(13-7)11(2,3)4/h5-6H,1-4H3,(H,12,14)(H,15,16)/t6-/m1/s1. The van der Waals surface area contributed by atoms with Gasteiger partial charge in [-0.05, 0) is 6.92 Å². The van der Waals surface area contributed by atoms with Crippen LogP contribution in [0, 0.1) is 0 Å². The molecule has 0 aliphatic carbocycles. The number of carbonyl (C=O) groups is 2. The summed E-state index contributed by atoms with van der Waals surface area (Å²) in [6, 6.07) is -0.915. The van der Waals surface area contributed by atoms with E-state index in [1.54, 1.807) is 5.38 Å². The van der Waals surface area contributed by atoms with Crippen LogP contribution in [0.4, 0.5) is 0 Å². The van der Waals surface area contributed by atoms with Gasteiger partial charge in [-0.2, -0.15) is 0 Å². The van der Waals surface area contributed by atoms with E-state index in [-0.39, 0.29) is 11.1 Å². The number of amides is 1. The summed E-state index contributed by atoms with van der Waals surface area (Å²) in [5, 5.41) is 13.5. The third-order valence-corrected chi connectivity index (χ3v) is 3.36. The van der Waals surface area contributed by atoms with Crippen LogP contribution in [0.1, 0.15) is 43.2 Å². The molecule has 0 radical (unpaired) electrons. The average Bonchev–Trinajstić information content (AvgIpc) is 2.65. The SMILES string of the molecule is C[C@@H](NC(=O)c1csc(C(C)(C)C)n1)C(=O)O. The van der Waals surface area contributed by atoms with Crippen molar-refractivity contribution in [1.82, 2.24) is 10.3 Å². The fourth-order valence-corrected chi connectivity index (χ4v) is 1.94. The van der Waals surface area contributed by atoms with E-state index in [4.69, 9.17) is 5.11 Å². The molecule has 0 fully saturated rings. The van der Waals surface area contributed by atoms with E-state index in [1.807, 2.05) is 20.8 Å².